The van der Waals surface area contributed by atoms with Gasteiger partial charge in [0.25, 0.3) is 0 Å². The van der Waals surface area contributed by atoms with Gasteiger partial charge in [0.1, 0.15) is 5.82 Å². The van der Waals surface area contributed by atoms with Crippen LogP contribution >= 0.6 is 0 Å². The summed E-state index contributed by atoms with van der Waals surface area (Å²) in [5.41, 5.74) is -0.00562. The number of carboxylic acids is 1. The van der Waals surface area contributed by atoms with Gasteiger partial charge >= 0.3 is 5.97 Å². The minimum absolute atomic E-state index is 0.00562. The van der Waals surface area contributed by atoms with Crippen LogP contribution in [0.4, 0.5) is 5.82 Å². The van der Waals surface area contributed by atoms with Crippen LogP contribution in [-0.2, 0) is 4.74 Å². The summed E-state index contributed by atoms with van der Waals surface area (Å²) in [5, 5.41) is 8.83. The SMILES string of the molecule is O=C(O)c1cnc(N2CCC(C3CCOCC3)C2)cn1. The van der Waals surface area contributed by atoms with Crippen LogP contribution in [-0.4, -0.2) is 47.3 Å². The van der Waals surface area contributed by atoms with Crippen LogP contribution in [0.15, 0.2) is 12.4 Å². The number of anilines is 1. The van der Waals surface area contributed by atoms with Crippen LogP contribution in [0.3, 0.4) is 0 Å². The molecular weight excluding hydrogens is 258 g/mol. The molecule has 1 atom stereocenters. The third kappa shape index (κ3) is 2.75. The number of ether oxygens (including phenoxy) is 1. The van der Waals surface area contributed by atoms with Crippen molar-refractivity contribution < 1.29 is 14.6 Å². The molecule has 0 bridgehead atoms. The monoisotopic (exact) mass is 277 g/mol. The van der Waals surface area contributed by atoms with E-state index >= 15 is 0 Å². The van der Waals surface area contributed by atoms with Gasteiger partial charge < -0.3 is 14.7 Å². The lowest BCUT2D eigenvalue weighted by molar-refractivity contribution is 0.0500. The molecule has 108 valence electrons. The largest absolute Gasteiger partial charge is 0.476 e. The number of hydrogen-bond acceptors (Lipinski definition) is 5. The second-order valence-corrected chi connectivity index (χ2v) is 5.51. The fourth-order valence-corrected chi connectivity index (χ4v) is 3.16. The molecule has 6 heteroatoms. The first kappa shape index (κ1) is 13.3. The Morgan fingerprint density at radius 2 is 2.00 bits per heavy atom. The molecule has 0 radical (unpaired) electrons. The van der Waals surface area contributed by atoms with Gasteiger partial charge in [-0.3, -0.25) is 0 Å². The molecule has 0 aliphatic carbocycles. The second kappa shape index (κ2) is 5.75. The minimum atomic E-state index is -1.04. The van der Waals surface area contributed by atoms with Gasteiger partial charge in [-0.25, -0.2) is 14.8 Å². The number of nitrogens with zero attached hydrogens (tertiary/aromatic N) is 3. The first-order valence-corrected chi connectivity index (χ1v) is 7.12. The zero-order chi connectivity index (χ0) is 13.9. The van der Waals surface area contributed by atoms with Gasteiger partial charge in [-0.05, 0) is 31.1 Å². The molecule has 2 fully saturated rings. The van der Waals surface area contributed by atoms with E-state index in [2.05, 4.69) is 14.9 Å². The predicted molar refractivity (Wildman–Crippen MR) is 72.9 cm³/mol. The lowest BCUT2D eigenvalue weighted by Crippen LogP contribution is -2.27. The molecule has 1 unspecified atom stereocenters. The summed E-state index contributed by atoms with van der Waals surface area (Å²) in [6.45, 7) is 3.73. The van der Waals surface area contributed by atoms with Crippen molar-refractivity contribution in [2.75, 3.05) is 31.2 Å². The summed E-state index contributed by atoms with van der Waals surface area (Å²) in [7, 11) is 0. The maximum absolute atomic E-state index is 10.8. The van der Waals surface area contributed by atoms with Gasteiger partial charge in [0.05, 0.1) is 12.4 Å². The average Bonchev–Trinajstić information content (AvgIpc) is 2.98. The van der Waals surface area contributed by atoms with Crippen LogP contribution in [0.1, 0.15) is 29.8 Å². The number of aromatic nitrogens is 2. The molecule has 1 N–H and O–H groups in total. The van der Waals surface area contributed by atoms with E-state index in [1.165, 1.54) is 12.6 Å². The van der Waals surface area contributed by atoms with Crippen LogP contribution < -0.4 is 4.90 Å². The van der Waals surface area contributed by atoms with E-state index < -0.39 is 5.97 Å². The molecule has 3 rings (SSSR count). The summed E-state index contributed by atoms with van der Waals surface area (Å²) in [6.07, 6.45) is 6.38. The molecule has 3 heterocycles. The van der Waals surface area contributed by atoms with Crippen molar-refractivity contribution in [1.29, 1.82) is 0 Å². The van der Waals surface area contributed by atoms with Gasteiger partial charge in [-0.2, -0.15) is 0 Å². The fourth-order valence-electron chi connectivity index (χ4n) is 3.16. The highest BCUT2D eigenvalue weighted by Crippen LogP contribution is 2.32. The number of rotatable bonds is 3. The van der Waals surface area contributed by atoms with Crippen molar-refractivity contribution in [3.05, 3.63) is 18.1 Å². The van der Waals surface area contributed by atoms with Crippen LogP contribution in [0.2, 0.25) is 0 Å². The molecule has 2 aliphatic rings. The third-order valence-electron chi connectivity index (χ3n) is 4.34. The van der Waals surface area contributed by atoms with Crippen molar-refractivity contribution in [2.45, 2.75) is 19.3 Å². The average molecular weight is 277 g/mol. The zero-order valence-corrected chi connectivity index (χ0v) is 11.4. The molecule has 6 nitrogen and oxygen atoms in total. The van der Waals surface area contributed by atoms with E-state index in [1.54, 1.807) is 6.20 Å². The van der Waals surface area contributed by atoms with E-state index in [1.807, 2.05) is 0 Å². The molecule has 0 amide bonds. The quantitative estimate of drug-likeness (QED) is 0.900. The second-order valence-electron chi connectivity index (χ2n) is 5.51. The van der Waals surface area contributed by atoms with Crippen molar-refractivity contribution in [2.24, 2.45) is 11.8 Å². The summed E-state index contributed by atoms with van der Waals surface area (Å²) >= 11 is 0. The Morgan fingerprint density at radius 3 is 2.65 bits per heavy atom. The van der Waals surface area contributed by atoms with E-state index in [0.29, 0.717) is 5.92 Å². The standard InChI is InChI=1S/C14H19N3O3/c18-14(19)12-7-16-13(8-15-12)17-4-1-11(9-17)10-2-5-20-6-3-10/h7-8,10-11H,1-6,9H2,(H,18,19). The van der Waals surface area contributed by atoms with Crippen LogP contribution in [0.5, 0.6) is 0 Å². The fraction of sp³-hybridized carbons (Fsp3) is 0.643. The lowest BCUT2D eigenvalue weighted by atomic mass is 9.85. The van der Waals surface area contributed by atoms with Gasteiger partial charge in [0.15, 0.2) is 5.69 Å². The van der Waals surface area contributed by atoms with Crippen molar-refractivity contribution >= 4 is 11.8 Å². The van der Waals surface area contributed by atoms with Gasteiger partial charge in [0.2, 0.25) is 0 Å². The van der Waals surface area contributed by atoms with E-state index in [9.17, 15) is 4.79 Å². The maximum atomic E-state index is 10.8. The Morgan fingerprint density at radius 1 is 1.20 bits per heavy atom. The van der Waals surface area contributed by atoms with Crippen molar-refractivity contribution in [1.82, 2.24) is 9.97 Å². The van der Waals surface area contributed by atoms with Gasteiger partial charge in [0, 0.05) is 26.3 Å². The number of aromatic carboxylic acids is 1. The molecule has 0 saturated carbocycles. The highest BCUT2D eigenvalue weighted by molar-refractivity contribution is 5.84. The summed E-state index contributed by atoms with van der Waals surface area (Å²) in [4.78, 5) is 21.1. The van der Waals surface area contributed by atoms with E-state index in [-0.39, 0.29) is 5.69 Å². The molecule has 0 aromatic carbocycles. The summed E-state index contributed by atoms with van der Waals surface area (Å²) in [6, 6.07) is 0. The molecule has 2 saturated heterocycles. The van der Waals surface area contributed by atoms with E-state index in [0.717, 1.165) is 50.9 Å². The van der Waals surface area contributed by atoms with Crippen molar-refractivity contribution in [3.63, 3.8) is 0 Å². The Hall–Kier alpha value is -1.69. The lowest BCUT2D eigenvalue weighted by Gasteiger charge is -2.27. The first-order valence-electron chi connectivity index (χ1n) is 7.12. The molecule has 0 spiro atoms. The number of carboxylic acid groups (broad SMARTS) is 1. The van der Waals surface area contributed by atoms with Crippen LogP contribution in [0, 0.1) is 11.8 Å². The summed E-state index contributed by atoms with van der Waals surface area (Å²) in [5.74, 6) is 1.19. The molecule has 1 aromatic heterocycles. The van der Waals surface area contributed by atoms with Gasteiger partial charge in [-0.1, -0.05) is 0 Å². The minimum Gasteiger partial charge on any atom is -0.476 e. The third-order valence-corrected chi connectivity index (χ3v) is 4.34. The Kier molecular flexibility index (Phi) is 3.82. The maximum Gasteiger partial charge on any atom is 0.356 e. The summed E-state index contributed by atoms with van der Waals surface area (Å²) < 4.78 is 5.41. The molecule has 20 heavy (non-hydrogen) atoms. The predicted octanol–water partition coefficient (Wildman–Crippen LogP) is 1.43. The highest BCUT2D eigenvalue weighted by atomic mass is 16.5. The Balaban J connectivity index is 1.62. The molecular formula is C14H19N3O3. The number of carbonyl (C=O) groups is 1. The first-order chi connectivity index (χ1) is 9.74. The smallest absolute Gasteiger partial charge is 0.356 e. The zero-order valence-electron chi connectivity index (χ0n) is 11.4. The van der Waals surface area contributed by atoms with Crippen molar-refractivity contribution in [3.8, 4) is 0 Å². The van der Waals surface area contributed by atoms with Gasteiger partial charge in [-0.15, -0.1) is 0 Å². The molecule has 2 aliphatic heterocycles. The molecule has 1 aromatic rings. The topological polar surface area (TPSA) is 75.5 Å². The van der Waals surface area contributed by atoms with Crippen LogP contribution in [0.25, 0.3) is 0 Å². The number of hydrogen-bond donors (Lipinski definition) is 1. The Labute approximate surface area is 117 Å². The Bertz CT molecular complexity index is 471. The normalized spacial score (nSPS) is 24.0. The highest BCUT2D eigenvalue weighted by Gasteiger charge is 2.31. The van der Waals surface area contributed by atoms with E-state index in [4.69, 9.17) is 9.84 Å².